The number of fused-ring (bicyclic) bond motifs is 1. The Morgan fingerprint density at radius 3 is 2.68 bits per heavy atom. The van der Waals surface area contributed by atoms with E-state index in [0.717, 1.165) is 47.3 Å². The summed E-state index contributed by atoms with van der Waals surface area (Å²) in [6, 6.07) is 14.1. The van der Waals surface area contributed by atoms with Gasteiger partial charge in [-0.3, -0.25) is 0 Å². The molecular formula is C22H29N3O3. The maximum absolute atomic E-state index is 5.77. The molecule has 3 rings (SSSR count). The van der Waals surface area contributed by atoms with Gasteiger partial charge in [-0.1, -0.05) is 24.3 Å². The minimum absolute atomic E-state index is 0.555. The predicted octanol–water partition coefficient (Wildman–Crippen LogP) is 3.50. The van der Waals surface area contributed by atoms with E-state index < -0.39 is 0 Å². The van der Waals surface area contributed by atoms with Crippen molar-refractivity contribution in [2.75, 3.05) is 26.4 Å². The monoisotopic (exact) mass is 383 g/mol. The number of aliphatic imine (C=N–C) groups is 1. The number of rotatable bonds is 7. The van der Waals surface area contributed by atoms with Gasteiger partial charge in [-0.05, 0) is 37.6 Å². The van der Waals surface area contributed by atoms with Gasteiger partial charge in [0.05, 0.1) is 26.4 Å². The van der Waals surface area contributed by atoms with Crippen molar-refractivity contribution in [3.05, 3.63) is 53.6 Å². The van der Waals surface area contributed by atoms with Gasteiger partial charge in [-0.2, -0.15) is 0 Å². The molecule has 1 aliphatic heterocycles. The lowest BCUT2D eigenvalue weighted by atomic mass is 10.2. The van der Waals surface area contributed by atoms with Crippen LogP contribution < -0.4 is 24.8 Å². The zero-order valence-electron chi connectivity index (χ0n) is 16.7. The third-order valence-corrected chi connectivity index (χ3v) is 4.29. The third-order valence-electron chi connectivity index (χ3n) is 4.29. The van der Waals surface area contributed by atoms with Crippen molar-refractivity contribution in [1.29, 1.82) is 0 Å². The Labute approximate surface area is 166 Å². The summed E-state index contributed by atoms with van der Waals surface area (Å²) in [6.07, 6.45) is 0.903. The number of hydrogen-bond donors (Lipinski definition) is 2. The first kappa shape index (κ1) is 19.9. The van der Waals surface area contributed by atoms with Crippen LogP contribution in [-0.2, 0) is 13.1 Å². The Balaban J connectivity index is 1.65. The van der Waals surface area contributed by atoms with E-state index in [9.17, 15) is 0 Å². The zero-order chi connectivity index (χ0) is 19.6. The van der Waals surface area contributed by atoms with Gasteiger partial charge in [0.15, 0.2) is 17.5 Å². The molecule has 0 bridgehead atoms. The highest BCUT2D eigenvalue weighted by molar-refractivity contribution is 5.79. The molecule has 0 amide bonds. The number of benzene rings is 2. The number of nitrogens with zero attached hydrogens (tertiary/aromatic N) is 1. The molecule has 0 aromatic heterocycles. The van der Waals surface area contributed by atoms with Crippen molar-refractivity contribution in [3.63, 3.8) is 0 Å². The molecule has 0 spiro atoms. The van der Waals surface area contributed by atoms with Crippen molar-refractivity contribution in [1.82, 2.24) is 10.6 Å². The lowest BCUT2D eigenvalue weighted by Crippen LogP contribution is -2.36. The largest absolute Gasteiger partial charge is 0.494 e. The molecule has 0 saturated heterocycles. The first-order valence-electron chi connectivity index (χ1n) is 9.91. The van der Waals surface area contributed by atoms with Crippen molar-refractivity contribution >= 4 is 5.96 Å². The third kappa shape index (κ3) is 5.55. The summed E-state index contributed by atoms with van der Waals surface area (Å²) in [5.74, 6) is 3.27. The molecule has 0 unspecified atom stereocenters. The van der Waals surface area contributed by atoms with Crippen LogP contribution >= 0.6 is 0 Å². The van der Waals surface area contributed by atoms with Gasteiger partial charge in [-0.15, -0.1) is 0 Å². The standard InChI is InChI=1S/C22H29N3O3/c1-3-23-22(25-16-18-8-5-6-9-19(18)26-4-2)24-15-17-10-11-20-21(14-17)28-13-7-12-27-20/h5-6,8-11,14H,3-4,7,12-13,15-16H2,1-2H3,(H2,23,24,25). The molecule has 28 heavy (non-hydrogen) atoms. The fraction of sp³-hybridized carbons (Fsp3) is 0.409. The smallest absolute Gasteiger partial charge is 0.191 e. The topological polar surface area (TPSA) is 64.1 Å². The average molecular weight is 383 g/mol. The lowest BCUT2D eigenvalue weighted by Gasteiger charge is -2.14. The number of guanidine groups is 1. The van der Waals surface area contributed by atoms with Crippen molar-refractivity contribution < 1.29 is 14.2 Å². The molecule has 0 atom stereocenters. The molecule has 2 N–H and O–H groups in total. The van der Waals surface area contributed by atoms with E-state index in [-0.39, 0.29) is 0 Å². The quantitative estimate of drug-likeness (QED) is 0.566. The van der Waals surface area contributed by atoms with Gasteiger partial charge in [0.1, 0.15) is 5.75 Å². The summed E-state index contributed by atoms with van der Waals surface area (Å²) in [4.78, 5) is 4.70. The summed E-state index contributed by atoms with van der Waals surface area (Å²) in [5, 5.41) is 6.67. The first-order chi connectivity index (χ1) is 13.8. The van der Waals surface area contributed by atoms with Crippen LogP contribution in [0, 0.1) is 0 Å². The maximum Gasteiger partial charge on any atom is 0.191 e. The van der Waals surface area contributed by atoms with Crippen LogP contribution in [0.3, 0.4) is 0 Å². The number of nitrogens with one attached hydrogen (secondary N) is 2. The second-order valence-corrected chi connectivity index (χ2v) is 6.42. The van der Waals surface area contributed by atoms with Gasteiger partial charge in [-0.25, -0.2) is 4.99 Å². The minimum atomic E-state index is 0.555. The second kappa shape index (κ2) is 10.4. The maximum atomic E-state index is 5.77. The number of ether oxygens (including phenoxy) is 3. The van der Waals surface area contributed by atoms with Crippen LogP contribution in [0.2, 0.25) is 0 Å². The highest BCUT2D eigenvalue weighted by Gasteiger charge is 2.10. The van der Waals surface area contributed by atoms with Crippen molar-refractivity contribution in [2.24, 2.45) is 4.99 Å². The lowest BCUT2D eigenvalue weighted by molar-refractivity contribution is 0.297. The Hall–Kier alpha value is -2.89. The number of hydrogen-bond acceptors (Lipinski definition) is 4. The van der Waals surface area contributed by atoms with Crippen LogP contribution in [0.1, 0.15) is 31.4 Å². The van der Waals surface area contributed by atoms with Crippen LogP contribution in [0.15, 0.2) is 47.5 Å². The van der Waals surface area contributed by atoms with Gasteiger partial charge in [0.2, 0.25) is 0 Å². The first-order valence-corrected chi connectivity index (χ1v) is 9.91. The van der Waals surface area contributed by atoms with E-state index in [2.05, 4.69) is 23.6 Å². The van der Waals surface area contributed by atoms with Crippen LogP contribution in [0.25, 0.3) is 0 Å². The summed E-state index contributed by atoms with van der Waals surface area (Å²) < 4.78 is 17.2. The molecular weight excluding hydrogens is 354 g/mol. The number of para-hydroxylation sites is 1. The van der Waals surface area contributed by atoms with E-state index in [0.29, 0.717) is 32.9 Å². The van der Waals surface area contributed by atoms with Gasteiger partial charge < -0.3 is 24.8 Å². The summed E-state index contributed by atoms with van der Waals surface area (Å²) >= 11 is 0. The van der Waals surface area contributed by atoms with Crippen molar-refractivity contribution in [2.45, 2.75) is 33.4 Å². The summed E-state index contributed by atoms with van der Waals surface area (Å²) in [5.41, 5.74) is 2.18. The Kier molecular flexibility index (Phi) is 7.41. The average Bonchev–Trinajstić information content (AvgIpc) is 2.96. The Morgan fingerprint density at radius 2 is 1.86 bits per heavy atom. The molecule has 1 aliphatic rings. The van der Waals surface area contributed by atoms with Crippen LogP contribution in [0.4, 0.5) is 0 Å². The summed E-state index contributed by atoms with van der Waals surface area (Å²) in [6.45, 7) is 8.06. The van der Waals surface area contributed by atoms with E-state index in [1.165, 1.54) is 0 Å². The summed E-state index contributed by atoms with van der Waals surface area (Å²) in [7, 11) is 0. The molecule has 2 aromatic carbocycles. The molecule has 0 saturated carbocycles. The molecule has 0 radical (unpaired) electrons. The SMILES string of the molecule is CCNC(=NCc1ccc2c(c1)OCCCO2)NCc1ccccc1OCC. The van der Waals surface area contributed by atoms with E-state index >= 15 is 0 Å². The van der Waals surface area contributed by atoms with E-state index in [1.807, 2.05) is 43.3 Å². The molecule has 2 aromatic rings. The van der Waals surface area contributed by atoms with Gasteiger partial charge in [0.25, 0.3) is 0 Å². The fourth-order valence-electron chi connectivity index (χ4n) is 2.94. The molecule has 150 valence electrons. The normalized spacial score (nSPS) is 13.6. The molecule has 0 aliphatic carbocycles. The fourth-order valence-corrected chi connectivity index (χ4v) is 2.94. The Morgan fingerprint density at radius 1 is 1.04 bits per heavy atom. The van der Waals surface area contributed by atoms with E-state index in [1.54, 1.807) is 0 Å². The van der Waals surface area contributed by atoms with Crippen molar-refractivity contribution in [3.8, 4) is 17.2 Å². The highest BCUT2D eigenvalue weighted by Crippen LogP contribution is 2.30. The molecule has 6 heteroatoms. The van der Waals surface area contributed by atoms with E-state index in [4.69, 9.17) is 19.2 Å². The van der Waals surface area contributed by atoms with Gasteiger partial charge in [0, 0.05) is 25.1 Å². The Bertz CT molecular complexity index is 792. The van der Waals surface area contributed by atoms with Crippen LogP contribution in [0.5, 0.6) is 17.2 Å². The second-order valence-electron chi connectivity index (χ2n) is 6.42. The predicted molar refractivity (Wildman–Crippen MR) is 111 cm³/mol. The van der Waals surface area contributed by atoms with Crippen LogP contribution in [-0.4, -0.2) is 32.3 Å². The molecule has 1 heterocycles. The molecule has 6 nitrogen and oxygen atoms in total. The molecule has 0 fully saturated rings. The van der Waals surface area contributed by atoms with Gasteiger partial charge >= 0.3 is 0 Å². The highest BCUT2D eigenvalue weighted by atomic mass is 16.5. The minimum Gasteiger partial charge on any atom is -0.494 e. The zero-order valence-corrected chi connectivity index (χ0v) is 16.7.